The highest BCUT2D eigenvalue weighted by atomic mass is 16.5. The summed E-state index contributed by atoms with van der Waals surface area (Å²) < 4.78 is 21.9. The van der Waals surface area contributed by atoms with Crippen LogP contribution in [0.2, 0.25) is 0 Å². The molecule has 0 amide bonds. The molecule has 2 aromatic carbocycles. The smallest absolute Gasteiger partial charge is 0.163 e. The van der Waals surface area contributed by atoms with Crippen LogP contribution in [-0.4, -0.2) is 50.6 Å². The number of anilines is 2. The van der Waals surface area contributed by atoms with E-state index in [0.29, 0.717) is 43.7 Å². The summed E-state index contributed by atoms with van der Waals surface area (Å²) in [5.41, 5.74) is 3.50. The van der Waals surface area contributed by atoms with Gasteiger partial charge in [0.25, 0.3) is 0 Å². The molecule has 3 rings (SSSR count). The third-order valence-corrected chi connectivity index (χ3v) is 4.44. The van der Waals surface area contributed by atoms with Crippen LogP contribution in [0.5, 0.6) is 11.5 Å². The molecular formula is C23H25N3O4. The first-order valence-corrected chi connectivity index (χ1v) is 9.52. The van der Waals surface area contributed by atoms with Gasteiger partial charge in [0.2, 0.25) is 0 Å². The fourth-order valence-electron chi connectivity index (χ4n) is 2.88. The van der Waals surface area contributed by atoms with Gasteiger partial charge in [-0.3, -0.25) is 0 Å². The van der Waals surface area contributed by atoms with Gasteiger partial charge in [-0.05, 0) is 36.8 Å². The van der Waals surface area contributed by atoms with Crippen molar-refractivity contribution in [3.05, 3.63) is 47.8 Å². The summed E-state index contributed by atoms with van der Waals surface area (Å²) in [6, 6.07) is 9.50. The van der Waals surface area contributed by atoms with Crippen LogP contribution in [0.3, 0.4) is 0 Å². The zero-order valence-corrected chi connectivity index (χ0v) is 17.4. The molecule has 0 bridgehead atoms. The molecule has 0 saturated heterocycles. The molecule has 1 aromatic heterocycles. The van der Waals surface area contributed by atoms with Gasteiger partial charge in [-0.2, -0.15) is 0 Å². The van der Waals surface area contributed by atoms with Gasteiger partial charge in [0.05, 0.1) is 18.7 Å². The van der Waals surface area contributed by atoms with Crippen LogP contribution in [-0.2, 0) is 9.47 Å². The Morgan fingerprint density at radius 1 is 0.933 bits per heavy atom. The van der Waals surface area contributed by atoms with E-state index in [1.165, 1.54) is 6.33 Å². The summed E-state index contributed by atoms with van der Waals surface area (Å²) >= 11 is 0. The number of nitrogens with one attached hydrogen (secondary N) is 1. The summed E-state index contributed by atoms with van der Waals surface area (Å²) in [5.74, 6) is 4.49. The Morgan fingerprint density at radius 3 is 2.27 bits per heavy atom. The summed E-state index contributed by atoms with van der Waals surface area (Å²) in [4.78, 5) is 8.82. The molecule has 1 N–H and O–H groups in total. The maximum atomic E-state index is 5.88. The molecule has 0 aliphatic carbocycles. The van der Waals surface area contributed by atoms with Crippen LogP contribution in [0.15, 0.2) is 36.7 Å². The first-order chi connectivity index (χ1) is 14.7. The Labute approximate surface area is 176 Å². The normalized spacial score (nSPS) is 10.6. The summed E-state index contributed by atoms with van der Waals surface area (Å²) in [6.07, 6.45) is 7.00. The predicted octanol–water partition coefficient (Wildman–Crippen LogP) is 3.71. The van der Waals surface area contributed by atoms with E-state index in [0.717, 1.165) is 27.7 Å². The minimum atomic E-state index is 0.395. The Bertz CT molecular complexity index is 1050. The largest absolute Gasteiger partial charge is 0.487 e. The summed E-state index contributed by atoms with van der Waals surface area (Å²) in [5, 5.41) is 4.18. The molecule has 0 unspecified atom stereocenters. The van der Waals surface area contributed by atoms with Crippen molar-refractivity contribution in [3.63, 3.8) is 0 Å². The molecule has 0 atom stereocenters. The quantitative estimate of drug-likeness (QED) is 0.406. The van der Waals surface area contributed by atoms with Crippen molar-refractivity contribution in [2.24, 2.45) is 0 Å². The highest BCUT2D eigenvalue weighted by Crippen LogP contribution is 2.35. The highest BCUT2D eigenvalue weighted by Gasteiger charge is 2.13. The van der Waals surface area contributed by atoms with Crippen LogP contribution >= 0.6 is 0 Å². The molecule has 30 heavy (non-hydrogen) atoms. The number of aryl methyl sites for hydroxylation is 1. The lowest BCUT2D eigenvalue weighted by Crippen LogP contribution is -2.09. The van der Waals surface area contributed by atoms with E-state index in [9.17, 15) is 0 Å². The topological polar surface area (TPSA) is 74.7 Å². The van der Waals surface area contributed by atoms with Crippen molar-refractivity contribution >= 4 is 22.4 Å². The second-order valence-electron chi connectivity index (χ2n) is 6.52. The van der Waals surface area contributed by atoms with Crippen molar-refractivity contribution in [2.75, 3.05) is 46.0 Å². The van der Waals surface area contributed by atoms with E-state index >= 15 is 0 Å². The molecule has 0 fully saturated rings. The van der Waals surface area contributed by atoms with E-state index < -0.39 is 0 Å². The lowest BCUT2D eigenvalue weighted by atomic mass is 10.1. The van der Waals surface area contributed by atoms with Crippen LogP contribution in [0.4, 0.5) is 11.5 Å². The molecule has 1 heterocycles. The lowest BCUT2D eigenvalue weighted by molar-refractivity contribution is 0.132. The number of hydrogen-bond donors (Lipinski definition) is 1. The molecule has 156 valence electrons. The second-order valence-corrected chi connectivity index (χ2v) is 6.52. The van der Waals surface area contributed by atoms with Crippen molar-refractivity contribution in [1.82, 2.24) is 9.97 Å². The zero-order valence-electron chi connectivity index (χ0n) is 17.4. The number of nitrogens with zero attached hydrogens (tertiary/aromatic N) is 2. The molecule has 0 aliphatic heterocycles. The number of terminal acetylenes is 1. The van der Waals surface area contributed by atoms with E-state index in [-0.39, 0.29) is 0 Å². The van der Waals surface area contributed by atoms with E-state index in [1.54, 1.807) is 14.2 Å². The van der Waals surface area contributed by atoms with E-state index in [1.807, 2.05) is 37.3 Å². The number of ether oxygens (including phenoxy) is 4. The average molecular weight is 407 g/mol. The molecule has 0 aliphatic rings. The van der Waals surface area contributed by atoms with Gasteiger partial charge in [0.1, 0.15) is 25.4 Å². The van der Waals surface area contributed by atoms with Crippen LogP contribution in [0.1, 0.15) is 11.1 Å². The maximum absolute atomic E-state index is 5.88. The summed E-state index contributed by atoms with van der Waals surface area (Å²) in [7, 11) is 3.26. The minimum Gasteiger partial charge on any atom is -0.487 e. The number of methoxy groups -OCH3 is 2. The second kappa shape index (κ2) is 10.4. The Hall–Kier alpha value is -3.34. The molecular weight excluding hydrogens is 382 g/mol. The number of benzene rings is 2. The fraction of sp³-hybridized carbons (Fsp3) is 0.304. The number of aromatic nitrogens is 2. The first kappa shape index (κ1) is 21.4. The van der Waals surface area contributed by atoms with Gasteiger partial charge in [0.15, 0.2) is 11.5 Å². The maximum Gasteiger partial charge on any atom is 0.163 e. The van der Waals surface area contributed by atoms with Crippen LogP contribution in [0, 0.1) is 19.3 Å². The third kappa shape index (κ3) is 5.17. The fourth-order valence-corrected chi connectivity index (χ4v) is 2.88. The Morgan fingerprint density at radius 2 is 1.63 bits per heavy atom. The predicted molar refractivity (Wildman–Crippen MR) is 117 cm³/mol. The first-order valence-electron chi connectivity index (χ1n) is 9.52. The van der Waals surface area contributed by atoms with Gasteiger partial charge in [-0.25, -0.2) is 9.97 Å². The van der Waals surface area contributed by atoms with Crippen LogP contribution in [0.25, 0.3) is 10.9 Å². The third-order valence-electron chi connectivity index (χ3n) is 4.44. The molecule has 0 radical (unpaired) electrons. The van der Waals surface area contributed by atoms with Crippen molar-refractivity contribution in [3.8, 4) is 23.8 Å². The van der Waals surface area contributed by atoms with E-state index in [4.69, 9.17) is 25.4 Å². The standard InChI is InChI=1S/C23H25N3O4/c1-5-17-6-7-19(16(2)12-17)26-23-18-13-21(29-10-8-27-3)22(30-11-9-28-4)14-20(18)24-15-25-23/h1,6-7,12-15H,8-11H2,2-4H3,(H,24,25,26). The van der Waals surface area contributed by atoms with E-state index in [2.05, 4.69) is 21.2 Å². The number of hydrogen-bond acceptors (Lipinski definition) is 7. The highest BCUT2D eigenvalue weighted by molar-refractivity contribution is 5.93. The molecule has 7 heteroatoms. The molecule has 3 aromatic rings. The average Bonchev–Trinajstić information content (AvgIpc) is 2.76. The number of rotatable bonds is 10. The van der Waals surface area contributed by atoms with Gasteiger partial charge in [0, 0.05) is 36.9 Å². The molecule has 0 spiro atoms. The van der Waals surface area contributed by atoms with Gasteiger partial charge in [-0.1, -0.05) is 5.92 Å². The van der Waals surface area contributed by atoms with Gasteiger partial charge >= 0.3 is 0 Å². The van der Waals surface area contributed by atoms with Crippen LogP contribution < -0.4 is 14.8 Å². The Kier molecular flexibility index (Phi) is 7.44. The molecule has 7 nitrogen and oxygen atoms in total. The van der Waals surface area contributed by atoms with Gasteiger partial charge < -0.3 is 24.3 Å². The monoisotopic (exact) mass is 407 g/mol. The lowest BCUT2D eigenvalue weighted by Gasteiger charge is -2.16. The number of fused-ring (bicyclic) bond motifs is 1. The van der Waals surface area contributed by atoms with Crippen molar-refractivity contribution < 1.29 is 18.9 Å². The van der Waals surface area contributed by atoms with Crippen molar-refractivity contribution in [1.29, 1.82) is 0 Å². The minimum absolute atomic E-state index is 0.395. The Balaban J connectivity index is 1.97. The van der Waals surface area contributed by atoms with Crippen molar-refractivity contribution in [2.45, 2.75) is 6.92 Å². The SMILES string of the molecule is C#Cc1ccc(Nc2ncnc3cc(OCCOC)c(OCCOC)cc23)c(C)c1. The zero-order chi connectivity index (χ0) is 21.3. The summed E-state index contributed by atoms with van der Waals surface area (Å²) in [6.45, 7) is 3.73. The molecule has 0 saturated carbocycles. The van der Waals surface area contributed by atoms with Gasteiger partial charge in [-0.15, -0.1) is 6.42 Å².